The number of hydrogen-bond donors (Lipinski definition) is 1. The maximum absolute atomic E-state index is 12.6. The Labute approximate surface area is 110 Å². The molecule has 1 N–H and O–H groups in total. The van der Waals surface area contributed by atoms with Gasteiger partial charge in [-0.15, -0.1) is 0 Å². The van der Waals surface area contributed by atoms with E-state index in [0.29, 0.717) is 5.92 Å². The summed E-state index contributed by atoms with van der Waals surface area (Å²) in [6.45, 7) is 8.61. The first-order valence-corrected chi connectivity index (χ1v) is 7.30. The van der Waals surface area contributed by atoms with Gasteiger partial charge in [0.15, 0.2) is 0 Å². The minimum absolute atomic E-state index is 0.195. The largest absolute Gasteiger partial charge is 0.365 e. The smallest absolute Gasteiger partial charge is 0.254 e. The van der Waals surface area contributed by atoms with Gasteiger partial charge in [0.2, 0.25) is 0 Å². The van der Waals surface area contributed by atoms with Crippen molar-refractivity contribution in [1.82, 2.24) is 10.2 Å². The predicted octanol–water partition coefficient (Wildman–Crippen LogP) is 1.40. The maximum atomic E-state index is 12.6. The number of nitrogens with one attached hydrogen (secondary N) is 1. The van der Waals surface area contributed by atoms with E-state index in [1.54, 1.807) is 0 Å². The molecule has 0 saturated carbocycles. The zero-order valence-electron chi connectivity index (χ0n) is 11.7. The van der Waals surface area contributed by atoms with E-state index in [1.807, 2.05) is 11.8 Å². The van der Waals surface area contributed by atoms with Crippen LogP contribution in [0.2, 0.25) is 0 Å². The van der Waals surface area contributed by atoms with E-state index in [9.17, 15) is 4.79 Å². The summed E-state index contributed by atoms with van der Waals surface area (Å²) in [5, 5.41) is 3.37. The van der Waals surface area contributed by atoms with E-state index in [1.165, 1.54) is 12.8 Å². The third kappa shape index (κ3) is 3.04. The molecule has 104 valence electrons. The lowest BCUT2D eigenvalue weighted by atomic mass is 9.95. The van der Waals surface area contributed by atoms with E-state index in [2.05, 4.69) is 12.2 Å². The van der Waals surface area contributed by atoms with Gasteiger partial charge >= 0.3 is 0 Å². The minimum atomic E-state index is -0.553. The van der Waals surface area contributed by atoms with Crippen LogP contribution >= 0.6 is 0 Å². The van der Waals surface area contributed by atoms with Gasteiger partial charge in [-0.25, -0.2) is 0 Å². The van der Waals surface area contributed by atoms with Gasteiger partial charge in [-0.3, -0.25) is 4.79 Å². The highest BCUT2D eigenvalue weighted by Gasteiger charge is 2.40. The Kier molecular flexibility index (Phi) is 4.62. The molecule has 4 heteroatoms. The molecule has 0 spiro atoms. The summed E-state index contributed by atoms with van der Waals surface area (Å²) in [7, 11) is 0. The molecule has 0 bridgehead atoms. The van der Waals surface area contributed by atoms with Crippen molar-refractivity contribution in [2.24, 2.45) is 5.92 Å². The number of rotatable bonds is 4. The van der Waals surface area contributed by atoms with Crippen molar-refractivity contribution in [2.45, 2.75) is 45.1 Å². The summed E-state index contributed by atoms with van der Waals surface area (Å²) in [6.07, 6.45) is 4.24. The number of ether oxygens (including phenoxy) is 1. The van der Waals surface area contributed by atoms with Crippen LogP contribution in [-0.4, -0.2) is 49.2 Å². The number of likely N-dealkylation sites (N-methyl/N-ethyl adjacent to an activating group) is 1. The molecule has 2 rings (SSSR count). The Morgan fingerprint density at radius 2 is 2.17 bits per heavy atom. The third-order valence-corrected chi connectivity index (χ3v) is 4.28. The molecular weight excluding hydrogens is 228 g/mol. The van der Waals surface area contributed by atoms with Crippen molar-refractivity contribution in [3.63, 3.8) is 0 Å². The van der Waals surface area contributed by atoms with Crippen molar-refractivity contribution < 1.29 is 9.53 Å². The quantitative estimate of drug-likeness (QED) is 0.824. The molecule has 2 aliphatic rings. The van der Waals surface area contributed by atoms with E-state index in [0.717, 1.165) is 45.6 Å². The molecule has 1 atom stereocenters. The average molecular weight is 254 g/mol. The van der Waals surface area contributed by atoms with Crippen LogP contribution in [0.25, 0.3) is 0 Å². The highest BCUT2D eigenvalue weighted by Crippen LogP contribution is 2.28. The molecule has 0 aromatic carbocycles. The molecule has 1 amide bonds. The van der Waals surface area contributed by atoms with Crippen molar-refractivity contribution in [3.05, 3.63) is 0 Å². The lowest BCUT2D eigenvalue weighted by Gasteiger charge is -2.34. The SMILES string of the molecule is CCN(CC1CCNCC1)C(=O)C1(C)CCCO1. The summed E-state index contributed by atoms with van der Waals surface area (Å²) in [6, 6.07) is 0. The number of carbonyl (C=O) groups excluding carboxylic acids is 1. The minimum Gasteiger partial charge on any atom is -0.365 e. The van der Waals surface area contributed by atoms with Crippen molar-refractivity contribution in [3.8, 4) is 0 Å². The summed E-state index contributed by atoms with van der Waals surface area (Å²) >= 11 is 0. The van der Waals surface area contributed by atoms with Gasteiger partial charge in [-0.1, -0.05) is 0 Å². The lowest BCUT2D eigenvalue weighted by molar-refractivity contribution is -0.151. The Morgan fingerprint density at radius 3 is 2.72 bits per heavy atom. The van der Waals surface area contributed by atoms with Crippen LogP contribution in [0, 0.1) is 5.92 Å². The molecule has 0 aromatic heterocycles. The third-order valence-electron chi connectivity index (χ3n) is 4.28. The Bertz CT molecular complexity index is 282. The average Bonchev–Trinajstić information content (AvgIpc) is 2.84. The van der Waals surface area contributed by atoms with E-state index in [4.69, 9.17) is 4.74 Å². The highest BCUT2D eigenvalue weighted by molar-refractivity contribution is 5.85. The second-order valence-electron chi connectivity index (χ2n) is 5.72. The van der Waals surface area contributed by atoms with Gasteiger partial charge in [-0.2, -0.15) is 0 Å². The van der Waals surface area contributed by atoms with Gasteiger partial charge in [0.1, 0.15) is 5.60 Å². The van der Waals surface area contributed by atoms with Crippen LogP contribution in [0.4, 0.5) is 0 Å². The fourth-order valence-electron chi connectivity index (χ4n) is 3.01. The first-order valence-electron chi connectivity index (χ1n) is 7.30. The summed E-state index contributed by atoms with van der Waals surface area (Å²) in [5.41, 5.74) is -0.553. The maximum Gasteiger partial charge on any atom is 0.254 e. The van der Waals surface area contributed by atoms with E-state index >= 15 is 0 Å². The molecule has 0 radical (unpaired) electrons. The second kappa shape index (κ2) is 6.02. The molecule has 0 aromatic rings. The zero-order chi connectivity index (χ0) is 13.0. The molecule has 4 nitrogen and oxygen atoms in total. The number of piperidine rings is 1. The van der Waals surface area contributed by atoms with Crippen LogP contribution in [0.15, 0.2) is 0 Å². The molecule has 2 fully saturated rings. The first kappa shape index (κ1) is 13.8. The molecule has 2 heterocycles. The molecule has 1 unspecified atom stereocenters. The molecule has 0 aliphatic carbocycles. The zero-order valence-corrected chi connectivity index (χ0v) is 11.7. The van der Waals surface area contributed by atoms with Gasteiger partial charge in [0, 0.05) is 19.7 Å². The number of nitrogens with zero attached hydrogens (tertiary/aromatic N) is 1. The van der Waals surface area contributed by atoms with Gasteiger partial charge in [0.05, 0.1) is 0 Å². The summed E-state index contributed by atoms with van der Waals surface area (Å²) in [4.78, 5) is 14.6. The molecule has 18 heavy (non-hydrogen) atoms. The fourth-order valence-corrected chi connectivity index (χ4v) is 3.01. The Morgan fingerprint density at radius 1 is 1.44 bits per heavy atom. The van der Waals surface area contributed by atoms with Crippen LogP contribution in [0.3, 0.4) is 0 Å². The number of carbonyl (C=O) groups is 1. The first-order chi connectivity index (χ1) is 8.65. The van der Waals surface area contributed by atoms with Gasteiger partial charge in [0.25, 0.3) is 5.91 Å². The highest BCUT2D eigenvalue weighted by atomic mass is 16.5. The van der Waals surface area contributed by atoms with Crippen LogP contribution in [-0.2, 0) is 9.53 Å². The Balaban J connectivity index is 1.92. The molecule has 2 aliphatic heterocycles. The van der Waals surface area contributed by atoms with E-state index < -0.39 is 5.60 Å². The number of hydrogen-bond acceptors (Lipinski definition) is 3. The van der Waals surface area contributed by atoms with Crippen LogP contribution in [0.1, 0.15) is 39.5 Å². The monoisotopic (exact) mass is 254 g/mol. The predicted molar refractivity (Wildman–Crippen MR) is 71.4 cm³/mol. The lowest BCUT2D eigenvalue weighted by Crippen LogP contribution is -2.49. The van der Waals surface area contributed by atoms with Gasteiger partial charge in [-0.05, 0) is 58.5 Å². The summed E-state index contributed by atoms with van der Waals surface area (Å²) < 4.78 is 5.67. The normalized spacial score (nSPS) is 29.4. The van der Waals surface area contributed by atoms with Crippen molar-refractivity contribution in [2.75, 3.05) is 32.8 Å². The van der Waals surface area contributed by atoms with Crippen molar-refractivity contribution >= 4 is 5.91 Å². The molecule has 2 saturated heterocycles. The van der Waals surface area contributed by atoms with E-state index in [-0.39, 0.29) is 5.91 Å². The number of amides is 1. The van der Waals surface area contributed by atoms with Gasteiger partial charge < -0.3 is 15.0 Å². The van der Waals surface area contributed by atoms with Crippen molar-refractivity contribution in [1.29, 1.82) is 0 Å². The fraction of sp³-hybridized carbons (Fsp3) is 0.929. The molecular formula is C14H26N2O2. The second-order valence-corrected chi connectivity index (χ2v) is 5.72. The standard InChI is InChI=1S/C14H26N2O2/c1-3-16(11-12-5-8-15-9-6-12)13(17)14(2)7-4-10-18-14/h12,15H,3-11H2,1-2H3. The Hall–Kier alpha value is -0.610. The topological polar surface area (TPSA) is 41.6 Å². The summed E-state index contributed by atoms with van der Waals surface area (Å²) in [5.74, 6) is 0.848. The van der Waals surface area contributed by atoms with Crippen LogP contribution < -0.4 is 5.32 Å². The van der Waals surface area contributed by atoms with Crippen LogP contribution in [0.5, 0.6) is 0 Å².